The van der Waals surface area contributed by atoms with E-state index in [-0.39, 0.29) is 0 Å². The van der Waals surface area contributed by atoms with Crippen LogP contribution >= 0.6 is 0 Å². The second-order valence-electron chi connectivity index (χ2n) is 4.63. The lowest BCUT2D eigenvalue weighted by atomic mass is 10.1. The van der Waals surface area contributed by atoms with Crippen molar-refractivity contribution in [3.05, 3.63) is 0 Å². The Labute approximate surface area is 94.6 Å². The minimum atomic E-state index is -1.45. The van der Waals surface area contributed by atoms with Crippen LogP contribution in [0.5, 0.6) is 0 Å². The van der Waals surface area contributed by atoms with E-state index in [1.807, 2.05) is 0 Å². The summed E-state index contributed by atoms with van der Waals surface area (Å²) >= 11 is 0. The van der Waals surface area contributed by atoms with Gasteiger partial charge in [0.25, 0.3) is 0 Å². The quantitative estimate of drug-likeness (QED) is 0.668. The number of aliphatic hydroxyl groups is 2. The number of amides is 1. The largest absolute Gasteiger partial charge is 0.444 e. The van der Waals surface area contributed by atoms with E-state index < -0.39 is 36.6 Å². The lowest BCUT2D eigenvalue weighted by Crippen LogP contribution is -2.51. The van der Waals surface area contributed by atoms with Crippen molar-refractivity contribution in [1.82, 2.24) is 5.32 Å². The monoisotopic (exact) mass is 237 g/mol. The number of aliphatic hydroxyl groups excluding tert-OH is 2. The lowest BCUT2D eigenvalue weighted by Gasteiger charge is -2.27. The fourth-order valence-electron chi connectivity index (χ4n) is 1.08. The molecule has 3 unspecified atom stereocenters. The number of hydrogen-bond donors (Lipinski definition) is 3. The number of ether oxygens (including phenoxy) is 1. The second kappa shape index (κ2) is 6.00. The molecule has 0 heterocycles. The highest BCUT2D eigenvalue weighted by molar-refractivity contribution is 5.68. The van der Waals surface area contributed by atoms with Gasteiger partial charge in [-0.1, -0.05) is 0 Å². The first-order valence-corrected chi connectivity index (χ1v) is 5.09. The predicted octanol–water partition coefficient (Wildman–Crippen LogP) is 0.591. The maximum atomic E-state index is 12.2. The SMILES string of the molecule is CC(O)C(NC(=O)OC(C)(C)C)C(O)CF. The van der Waals surface area contributed by atoms with Crippen LogP contribution in [-0.2, 0) is 4.74 Å². The van der Waals surface area contributed by atoms with Crippen LogP contribution in [0.15, 0.2) is 0 Å². The molecule has 0 bridgehead atoms. The van der Waals surface area contributed by atoms with E-state index in [4.69, 9.17) is 4.74 Å². The van der Waals surface area contributed by atoms with Crippen LogP contribution in [0, 0.1) is 0 Å². The third kappa shape index (κ3) is 5.87. The van der Waals surface area contributed by atoms with Crippen molar-refractivity contribution < 1.29 is 24.1 Å². The van der Waals surface area contributed by atoms with Crippen LogP contribution in [0.4, 0.5) is 9.18 Å². The van der Waals surface area contributed by atoms with Gasteiger partial charge < -0.3 is 20.3 Å². The summed E-state index contributed by atoms with van der Waals surface area (Å²) in [6.07, 6.45) is -3.32. The van der Waals surface area contributed by atoms with E-state index in [0.29, 0.717) is 0 Å². The highest BCUT2D eigenvalue weighted by Gasteiger charge is 2.27. The van der Waals surface area contributed by atoms with Crippen LogP contribution in [0.3, 0.4) is 0 Å². The summed E-state index contributed by atoms with van der Waals surface area (Å²) in [5.41, 5.74) is -0.687. The zero-order valence-corrected chi connectivity index (χ0v) is 10.0. The van der Waals surface area contributed by atoms with Gasteiger partial charge in [-0.2, -0.15) is 0 Å². The minimum Gasteiger partial charge on any atom is -0.444 e. The first-order valence-electron chi connectivity index (χ1n) is 5.09. The minimum absolute atomic E-state index is 0.687. The number of hydrogen-bond acceptors (Lipinski definition) is 4. The molecule has 0 aliphatic carbocycles. The summed E-state index contributed by atoms with van der Waals surface area (Å²) in [7, 11) is 0. The van der Waals surface area contributed by atoms with Gasteiger partial charge in [-0.15, -0.1) is 0 Å². The van der Waals surface area contributed by atoms with Gasteiger partial charge in [0, 0.05) is 0 Å². The topological polar surface area (TPSA) is 78.8 Å². The summed E-state index contributed by atoms with van der Waals surface area (Å²) in [5, 5.41) is 20.7. The molecule has 1 amide bonds. The molecule has 0 saturated carbocycles. The number of alkyl carbamates (subject to hydrolysis) is 1. The molecule has 5 nitrogen and oxygen atoms in total. The lowest BCUT2D eigenvalue weighted by molar-refractivity contribution is 0.0127. The van der Waals surface area contributed by atoms with E-state index in [9.17, 15) is 19.4 Å². The molecule has 0 saturated heterocycles. The highest BCUT2D eigenvalue weighted by Crippen LogP contribution is 2.08. The van der Waals surface area contributed by atoms with E-state index in [1.165, 1.54) is 6.92 Å². The molecule has 0 aromatic carbocycles. The third-order valence-electron chi connectivity index (χ3n) is 1.78. The number of rotatable bonds is 4. The molecule has 96 valence electrons. The maximum absolute atomic E-state index is 12.2. The molecule has 3 atom stereocenters. The van der Waals surface area contributed by atoms with Crippen molar-refractivity contribution in [1.29, 1.82) is 0 Å². The number of halogens is 1. The zero-order chi connectivity index (χ0) is 12.9. The number of carbonyl (C=O) groups excluding carboxylic acids is 1. The normalized spacial score (nSPS) is 17.4. The molecule has 0 aromatic heterocycles. The number of carbonyl (C=O) groups is 1. The van der Waals surface area contributed by atoms with E-state index in [2.05, 4.69) is 5.32 Å². The van der Waals surface area contributed by atoms with Crippen LogP contribution < -0.4 is 5.32 Å². The molecular formula is C10H20FNO4. The van der Waals surface area contributed by atoms with Crippen molar-refractivity contribution >= 4 is 6.09 Å². The standard InChI is InChI=1S/C10H20FNO4/c1-6(13)8(7(14)5-11)12-9(15)16-10(2,3)4/h6-8,13-14H,5H2,1-4H3,(H,12,15). The second-order valence-corrected chi connectivity index (χ2v) is 4.63. The Bertz CT molecular complexity index is 227. The first kappa shape index (κ1) is 15.1. The van der Waals surface area contributed by atoms with Crippen molar-refractivity contribution in [3.63, 3.8) is 0 Å². The van der Waals surface area contributed by atoms with Crippen LogP contribution in [0.1, 0.15) is 27.7 Å². The Balaban J connectivity index is 4.36. The van der Waals surface area contributed by atoms with Gasteiger partial charge in [0.05, 0.1) is 12.1 Å². The molecule has 3 N–H and O–H groups in total. The summed E-state index contributed by atoms with van der Waals surface area (Å²) in [6, 6.07) is -1.08. The average molecular weight is 237 g/mol. The fraction of sp³-hybridized carbons (Fsp3) is 0.900. The van der Waals surface area contributed by atoms with Gasteiger partial charge in [-0.3, -0.25) is 0 Å². The zero-order valence-electron chi connectivity index (χ0n) is 10.0. The number of nitrogens with one attached hydrogen (secondary N) is 1. The van der Waals surface area contributed by atoms with E-state index >= 15 is 0 Å². The van der Waals surface area contributed by atoms with Crippen LogP contribution in [0.25, 0.3) is 0 Å². The molecule has 0 spiro atoms. The van der Waals surface area contributed by atoms with Crippen molar-refractivity contribution in [2.24, 2.45) is 0 Å². The molecule has 0 radical (unpaired) electrons. The molecule has 16 heavy (non-hydrogen) atoms. The van der Waals surface area contributed by atoms with Gasteiger partial charge in [-0.05, 0) is 27.7 Å². The van der Waals surface area contributed by atoms with Crippen molar-refractivity contribution in [2.75, 3.05) is 6.67 Å². The van der Waals surface area contributed by atoms with E-state index in [1.54, 1.807) is 20.8 Å². The molecule has 0 fully saturated rings. The summed E-state index contributed by atoms with van der Waals surface area (Å²) in [5.74, 6) is 0. The van der Waals surface area contributed by atoms with Gasteiger partial charge in [0.1, 0.15) is 18.4 Å². The molecule has 0 aliphatic heterocycles. The van der Waals surface area contributed by atoms with Gasteiger partial charge in [0.15, 0.2) is 0 Å². The molecular weight excluding hydrogens is 217 g/mol. The molecule has 6 heteroatoms. The molecule has 0 aromatic rings. The summed E-state index contributed by atoms with van der Waals surface area (Å²) in [6.45, 7) is 5.33. The van der Waals surface area contributed by atoms with Gasteiger partial charge in [-0.25, -0.2) is 9.18 Å². The molecule has 0 aliphatic rings. The van der Waals surface area contributed by atoms with Crippen LogP contribution in [0.2, 0.25) is 0 Å². The number of alkyl halides is 1. The van der Waals surface area contributed by atoms with Gasteiger partial charge >= 0.3 is 6.09 Å². The molecule has 0 rings (SSSR count). The maximum Gasteiger partial charge on any atom is 0.408 e. The van der Waals surface area contributed by atoms with E-state index in [0.717, 1.165) is 0 Å². The van der Waals surface area contributed by atoms with Gasteiger partial charge in [0.2, 0.25) is 0 Å². The smallest absolute Gasteiger partial charge is 0.408 e. The van der Waals surface area contributed by atoms with Crippen LogP contribution in [-0.4, -0.2) is 46.8 Å². The first-order chi connectivity index (χ1) is 7.17. The Hall–Kier alpha value is -0.880. The Morgan fingerprint density at radius 1 is 1.44 bits per heavy atom. The highest BCUT2D eigenvalue weighted by atomic mass is 19.1. The third-order valence-corrected chi connectivity index (χ3v) is 1.78. The average Bonchev–Trinajstić information content (AvgIpc) is 2.09. The summed E-state index contributed by atoms with van der Waals surface area (Å²) < 4.78 is 17.2. The Morgan fingerprint density at radius 2 is 1.94 bits per heavy atom. The Morgan fingerprint density at radius 3 is 2.25 bits per heavy atom. The fourth-order valence-corrected chi connectivity index (χ4v) is 1.08. The Kier molecular flexibility index (Phi) is 5.67. The van der Waals surface area contributed by atoms with Crippen molar-refractivity contribution in [3.8, 4) is 0 Å². The predicted molar refractivity (Wildman–Crippen MR) is 56.8 cm³/mol. The van der Waals surface area contributed by atoms with Crippen molar-refractivity contribution in [2.45, 2.75) is 51.5 Å². The summed E-state index contributed by atoms with van der Waals surface area (Å²) in [4.78, 5) is 11.3.